The lowest BCUT2D eigenvalue weighted by Gasteiger charge is -2.24. The minimum atomic E-state index is -1.21. The molecule has 4 heteroatoms. The van der Waals surface area contributed by atoms with Gasteiger partial charge < -0.3 is 0 Å². The number of hydrogen-bond acceptors (Lipinski definition) is 0. The van der Waals surface area contributed by atoms with Gasteiger partial charge in [-0.15, -0.1) is 0 Å². The summed E-state index contributed by atoms with van der Waals surface area (Å²) in [5.74, 6) is 10.3. The predicted octanol–water partition coefficient (Wildman–Crippen LogP) is 12.1. The van der Waals surface area contributed by atoms with Gasteiger partial charge in [-0.05, 0) is 82.0 Å². The summed E-state index contributed by atoms with van der Waals surface area (Å²) in [4.78, 5) is 0. The molecule has 0 bridgehead atoms. The molecule has 2 atom stereocenters. The first-order valence-electron chi connectivity index (χ1n) is 14.6. The summed E-state index contributed by atoms with van der Waals surface area (Å²) in [5, 5.41) is 2.99. The van der Waals surface area contributed by atoms with E-state index in [0.29, 0.717) is 0 Å². The molecule has 0 aliphatic carbocycles. The second-order valence-corrected chi connectivity index (χ2v) is 27.1. The van der Waals surface area contributed by atoms with E-state index < -0.39 is 16.1 Å². The van der Waals surface area contributed by atoms with Gasteiger partial charge in [0.25, 0.3) is 0 Å². The van der Waals surface area contributed by atoms with Gasteiger partial charge in [-0.25, -0.2) is 0 Å². The molecule has 2 heterocycles. The molecule has 0 saturated heterocycles. The molecule has 2 aromatic carbocycles. The van der Waals surface area contributed by atoms with E-state index in [1.165, 1.54) is 60.5 Å². The highest BCUT2D eigenvalue weighted by atomic mass is 31.1. The van der Waals surface area contributed by atoms with Crippen molar-refractivity contribution in [2.75, 3.05) is 0 Å². The quantitative estimate of drug-likeness (QED) is 0.110. The van der Waals surface area contributed by atoms with Gasteiger partial charge in [0.15, 0.2) is 0 Å². The first-order chi connectivity index (χ1) is 18.1. The van der Waals surface area contributed by atoms with Gasteiger partial charge >= 0.3 is 0 Å². The fourth-order valence-electron chi connectivity index (χ4n) is 5.83. The minimum Gasteiger partial charge on any atom is -0.0929 e. The second-order valence-electron chi connectivity index (χ2n) is 13.0. The van der Waals surface area contributed by atoms with Crippen LogP contribution >= 0.6 is 15.1 Å². The minimum absolute atomic E-state index is 0.231. The summed E-state index contributed by atoms with van der Waals surface area (Å²) in [6.07, 6.45) is 5.71. The average Bonchev–Trinajstić information content (AvgIpc) is 3.43. The topological polar surface area (TPSA) is 0 Å². The summed E-state index contributed by atoms with van der Waals surface area (Å²) < 4.78 is 0. The maximum Gasteiger partial charge on any atom is 0.0518 e. The Morgan fingerprint density at radius 2 is 0.868 bits per heavy atom. The molecule has 0 aliphatic heterocycles. The zero-order valence-electron chi connectivity index (χ0n) is 24.6. The Kier molecular flexibility index (Phi) is 10.2. The van der Waals surface area contributed by atoms with Crippen LogP contribution in [0.4, 0.5) is 0 Å². The fraction of sp³-hybridized carbons (Fsp3) is 0.412. The van der Waals surface area contributed by atoms with Crippen LogP contribution in [0.3, 0.4) is 0 Å². The molecule has 4 rings (SSSR count). The monoisotopic (exact) mass is 574 g/mol. The van der Waals surface area contributed by atoms with Gasteiger partial charge in [0.2, 0.25) is 0 Å². The van der Waals surface area contributed by atoms with E-state index in [0.717, 1.165) is 0 Å². The zero-order valence-corrected chi connectivity index (χ0v) is 28.4. The van der Waals surface area contributed by atoms with Crippen molar-refractivity contribution in [3.63, 3.8) is 0 Å². The third kappa shape index (κ3) is 8.46. The van der Waals surface area contributed by atoms with Gasteiger partial charge in [-0.2, -0.15) is 0 Å². The molecular weight excluding hydrogens is 526 g/mol. The van der Waals surface area contributed by atoms with Crippen LogP contribution in [0.2, 0.25) is 38.3 Å². The molecule has 0 amide bonds. The predicted molar refractivity (Wildman–Crippen MR) is 181 cm³/mol. The maximum absolute atomic E-state index is 2.62. The summed E-state index contributed by atoms with van der Waals surface area (Å²) >= 11 is 0. The third-order valence-electron chi connectivity index (χ3n) is 8.17. The van der Waals surface area contributed by atoms with Gasteiger partial charge in [-0.3, -0.25) is 0 Å². The molecular formula is C34H48P2Si2. The van der Waals surface area contributed by atoms with Gasteiger partial charge in [0.1, 0.15) is 0 Å². The van der Waals surface area contributed by atoms with Crippen LogP contribution < -0.4 is 0 Å². The Labute approximate surface area is 237 Å². The van der Waals surface area contributed by atoms with Crippen LogP contribution in [-0.2, 0) is 12.1 Å². The van der Waals surface area contributed by atoms with E-state index in [-0.39, 0.29) is 15.1 Å². The Morgan fingerprint density at radius 3 is 1.24 bits per heavy atom. The molecule has 0 radical (unpaired) electrons. The van der Waals surface area contributed by atoms with E-state index in [4.69, 9.17) is 0 Å². The molecule has 0 N–H and O–H groups in total. The maximum atomic E-state index is 2.62. The SMILES string of the molecule is Cc1cp(-c2ccccc2)cc1C[Si](C)(C)CCCCCC[Si](C)(C)Cc1cp(-c2ccccc2)cc1C. The van der Waals surface area contributed by atoms with Crippen molar-refractivity contribution in [2.24, 2.45) is 0 Å². The lowest BCUT2D eigenvalue weighted by atomic mass is 10.2. The molecule has 202 valence electrons. The highest BCUT2D eigenvalue weighted by Gasteiger charge is 2.24. The molecule has 0 spiro atoms. The molecule has 0 fully saturated rings. The number of benzene rings is 2. The van der Waals surface area contributed by atoms with Crippen LogP contribution in [0.25, 0.3) is 10.6 Å². The smallest absolute Gasteiger partial charge is 0.0518 e. The first-order valence-corrected chi connectivity index (χ1v) is 24.4. The van der Waals surface area contributed by atoms with E-state index in [9.17, 15) is 0 Å². The van der Waals surface area contributed by atoms with Gasteiger partial charge in [-0.1, -0.05) is 140 Å². The number of unbranched alkanes of at least 4 members (excludes halogenated alkanes) is 3. The number of hydrogen-bond donors (Lipinski definition) is 0. The van der Waals surface area contributed by atoms with Crippen molar-refractivity contribution in [1.82, 2.24) is 0 Å². The van der Waals surface area contributed by atoms with Crippen molar-refractivity contribution >= 4 is 31.2 Å². The van der Waals surface area contributed by atoms with Crippen molar-refractivity contribution in [1.29, 1.82) is 0 Å². The highest BCUT2D eigenvalue weighted by Crippen LogP contribution is 2.44. The van der Waals surface area contributed by atoms with Crippen LogP contribution in [0.5, 0.6) is 0 Å². The average molecular weight is 575 g/mol. The second kappa shape index (κ2) is 13.2. The van der Waals surface area contributed by atoms with Gasteiger partial charge in [0.05, 0.1) is 16.1 Å². The summed E-state index contributed by atoms with van der Waals surface area (Å²) in [7, 11) is -2.88. The standard InChI is InChI=1S/C34H48P2Si2/c1-29-23-35(33-17-11-9-12-18-33)25-31(29)27-37(3,4)21-15-7-8-16-22-38(5,6)28-32-26-36(24-30(32)2)34-19-13-10-14-20-34/h9-14,17-20,23-26H,7-8,15-16,21-22,27-28H2,1-6H3. The molecule has 4 aromatic rings. The zero-order chi connectivity index (χ0) is 27.2. The van der Waals surface area contributed by atoms with Crippen LogP contribution in [0, 0.1) is 13.8 Å². The summed E-state index contributed by atoms with van der Waals surface area (Å²) in [6, 6.07) is 27.8. The lowest BCUT2D eigenvalue weighted by Crippen LogP contribution is -2.29. The normalized spacial score (nSPS) is 13.2. The van der Waals surface area contributed by atoms with Crippen molar-refractivity contribution < 1.29 is 0 Å². The van der Waals surface area contributed by atoms with E-state index in [1.807, 2.05) is 0 Å². The fourth-order valence-corrected chi connectivity index (χ4v) is 16.0. The Hall–Kier alpha value is -1.57. The van der Waals surface area contributed by atoms with Gasteiger partial charge in [0, 0.05) is 0 Å². The molecule has 0 nitrogen and oxygen atoms in total. The van der Waals surface area contributed by atoms with Crippen LogP contribution in [0.15, 0.2) is 83.9 Å². The van der Waals surface area contributed by atoms with E-state index >= 15 is 0 Å². The van der Waals surface area contributed by atoms with Crippen molar-refractivity contribution in [2.45, 2.75) is 89.9 Å². The number of aryl methyl sites for hydroxylation is 2. The number of rotatable bonds is 13. The largest absolute Gasteiger partial charge is 0.0929 e. The third-order valence-corrected chi connectivity index (χ3v) is 18.6. The van der Waals surface area contributed by atoms with E-state index in [1.54, 1.807) is 22.3 Å². The Morgan fingerprint density at radius 1 is 0.500 bits per heavy atom. The van der Waals surface area contributed by atoms with Crippen LogP contribution in [0.1, 0.15) is 47.9 Å². The molecule has 0 aliphatic rings. The molecule has 2 unspecified atom stereocenters. The lowest BCUT2D eigenvalue weighted by molar-refractivity contribution is 0.689. The summed E-state index contributed by atoms with van der Waals surface area (Å²) in [5.41, 5.74) is 6.41. The van der Waals surface area contributed by atoms with Crippen molar-refractivity contribution in [3.05, 3.63) is 106 Å². The summed E-state index contributed by atoms with van der Waals surface area (Å²) in [6.45, 7) is 15.2. The molecule has 0 saturated carbocycles. The van der Waals surface area contributed by atoms with Crippen LogP contribution in [-0.4, -0.2) is 16.1 Å². The van der Waals surface area contributed by atoms with E-state index in [2.05, 4.69) is 124 Å². The molecule has 2 aromatic heterocycles. The van der Waals surface area contributed by atoms with Crippen molar-refractivity contribution in [3.8, 4) is 10.6 Å². The molecule has 38 heavy (non-hydrogen) atoms. The Balaban J connectivity index is 1.19. The highest BCUT2D eigenvalue weighted by molar-refractivity contribution is 7.56. The Bertz CT molecular complexity index is 1180. The first kappa shape index (κ1) is 29.4.